The Hall–Kier alpha value is -5.00. The number of hydrogen-bond acceptors (Lipinski definition) is 9. The van der Waals surface area contributed by atoms with E-state index >= 15 is 0 Å². The highest BCUT2D eigenvalue weighted by Crippen LogP contribution is 2.23. The number of carbonyl (C=O) groups excluding carboxylic acids is 1. The van der Waals surface area contributed by atoms with Gasteiger partial charge in [0, 0.05) is 41.5 Å². The summed E-state index contributed by atoms with van der Waals surface area (Å²) in [6.07, 6.45) is 1.78. The molecule has 0 aliphatic rings. The van der Waals surface area contributed by atoms with Crippen molar-refractivity contribution in [2.24, 2.45) is 0 Å². The number of H-pyrrole nitrogens is 1. The summed E-state index contributed by atoms with van der Waals surface area (Å²) in [5.41, 5.74) is 3.32. The van der Waals surface area contributed by atoms with E-state index in [1.165, 1.54) is 0 Å². The molecule has 3 aromatic carbocycles. The summed E-state index contributed by atoms with van der Waals surface area (Å²) in [5, 5.41) is 20.8. The topological polar surface area (TPSA) is 138 Å². The predicted octanol–water partition coefficient (Wildman–Crippen LogP) is 4.72. The minimum Gasteiger partial charge on any atom is -0.377 e. The average Bonchev–Trinajstić information content (AvgIpc) is 3.47. The van der Waals surface area contributed by atoms with Crippen LogP contribution in [0.15, 0.2) is 91.1 Å². The molecule has 0 spiro atoms. The molecule has 5 N–H and O–H groups in total. The molecule has 0 atom stereocenters. The van der Waals surface area contributed by atoms with Crippen LogP contribution in [-0.2, 0) is 9.47 Å². The molecule has 0 unspecified atom stereocenters. The zero-order valence-electron chi connectivity index (χ0n) is 22.5. The van der Waals surface area contributed by atoms with Gasteiger partial charge in [0.05, 0.1) is 38.1 Å². The normalized spacial score (nSPS) is 10.8. The van der Waals surface area contributed by atoms with Gasteiger partial charge in [0.15, 0.2) is 0 Å². The highest BCUT2D eigenvalue weighted by molar-refractivity contribution is 5.94. The van der Waals surface area contributed by atoms with Gasteiger partial charge in [0.2, 0.25) is 5.95 Å². The number of nitrogens with zero attached hydrogens (tertiary/aromatic N) is 3. The lowest BCUT2D eigenvalue weighted by Crippen LogP contribution is -2.27. The van der Waals surface area contributed by atoms with Crippen molar-refractivity contribution < 1.29 is 14.3 Å². The molecule has 0 saturated heterocycles. The van der Waals surface area contributed by atoms with Crippen LogP contribution in [0.1, 0.15) is 10.4 Å². The van der Waals surface area contributed by atoms with Crippen molar-refractivity contribution in [1.29, 1.82) is 0 Å². The number of ether oxygens (including phenoxy) is 2. The van der Waals surface area contributed by atoms with Crippen LogP contribution >= 0.6 is 0 Å². The first kappa shape index (κ1) is 27.6. The van der Waals surface area contributed by atoms with Crippen LogP contribution in [0.5, 0.6) is 0 Å². The summed E-state index contributed by atoms with van der Waals surface area (Å²) >= 11 is 0. The second-order valence-corrected chi connectivity index (χ2v) is 9.02. The lowest BCUT2D eigenvalue weighted by atomic mass is 10.2. The average molecular weight is 553 g/mol. The largest absolute Gasteiger partial charge is 0.377 e. The van der Waals surface area contributed by atoms with Gasteiger partial charge in [-0.05, 0) is 42.5 Å². The Labute approximate surface area is 237 Å². The monoisotopic (exact) mass is 552 g/mol. The Morgan fingerprint density at radius 1 is 0.732 bits per heavy atom. The van der Waals surface area contributed by atoms with Crippen LogP contribution in [0.25, 0.3) is 10.9 Å². The molecule has 11 heteroatoms. The van der Waals surface area contributed by atoms with Gasteiger partial charge in [0.1, 0.15) is 11.6 Å². The highest BCUT2D eigenvalue weighted by atomic mass is 16.5. The van der Waals surface area contributed by atoms with Crippen molar-refractivity contribution in [2.75, 3.05) is 55.5 Å². The number of fused-ring (bicyclic) bond motifs is 1. The molecule has 0 saturated carbocycles. The van der Waals surface area contributed by atoms with Gasteiger partial charge < -0.3 is 30.7 Å². The number of benzene rings is 3. The summed E-state index contributed by atoms with van der Waals surface area (Å²) in [7, 11) is 0. The summed E-state index contributed by atoms with van der Waals surface area (Å²) in [6.45, 7) is 2.76. The number of para-hydroxylation sites is 1. The Morgan fingerprint density at radius 3 is 2.27 bits per heavy atom. The van der Waals surface area contributed by atoms with Crippen molar-refractivity contribution in [3.8, 4) is 0 Å². The van der Waals surface area contributed by atoms with Crippen molar-refractivity contribution in [1.82, 2.24) is 25.5 Å². The van der Waals surface area contributed by atoms with Crippen LogP contribution in [0.4, 0.5) is 29.0 Å². The number of carbonyl (C=O) groups is 1. The Morgan fingerprint density at radius 2 is 1.46 bits per heavy atom. The van der Waals surface area contributed by atoms with Gasteiger partial charge in [0.25, 0.3) is 5.91 Å². The minimum atomic E-state index is -0.111. The summed E-state index contributed by atoms with van der Waals surface area (Å²) in [6, 6.07) is 26.7. The molecule has 0 radical (unpaired) electrons. The third-order valence-electron chi connectivity index (χ3n) is 5.96. The first-order valence-corrected chi connectivity index (χ1v) is 13.4. The summed E-state index contributed by atoms with van der Waals surface area (Å²) in [5.74, 6) is 1.63. The first-order chi connectivity index (χ1) is 20.2. The lowest BCUT2D eigenvalue weighted by Gasteiger charge is -2.13. The number of rotatable bonds is 15. The van der Waals surface area contributed by atoms with Gasteiger partial charge >= 0.3 is 0 Å². The maximum absolute atomic E-state index is 12.0. The fraction of sp³-hybridized carbons (Fsp3) is 0.200. The molecule has 11 nitrogen and oxygen atoms in total. The van der Waals surface area contributed by atoms with Crippen molar-refractivity contribution in [2.45, 2.75) is 0 Å². The van der Waals surface area contributed by atoms with E-state index in [-0.39, 0.29) is 5.91 Å². The first-order valence-electron chi connectivity index (χ1n) is 13.4. The van der Waals surface area contributed by atoms with Crippen LogP contribution in [0, 0.1) is 0 Å². The fourth-order valence-electron chi connectivity index (χ4n) is 3.97. The third kappa shape index (κ3) is 8.49. The molecule has 210 valence electrons. The number of amides is 1. The SMILES string of the molecule is O=C(NCCOCCOCCNc1cc(Nc2ccccc2)nc(Nc2ccc3cn[nH]c3c2)n1)c1ccccc1. The second kappa shape index (κ2) is 14.4. The van der Waals surface area contributed by atoms with E-state index in [1.807, 2.05) is 72.8 Å². The summed E-state index contributed by atoms with van der Waals surface area (Å²) in [4.78, 5) is 21.3. The van der Waals surface area contributed by atoms with Crippen LogP contribution < -0.4 is 21.3 Å². The van der Waals surface area contributed by atoms with E-state index in [1.54, 1.807) is 18.3 Å². The van der Waals surface area contributed by atoms with Gasteiger partial charge in [-0.2, -0.15) is 15.1 Å². The third-order valence-corrected chi connectivity index (χ3v) is 5.96. The zero-order chi connectivity index (χ0) is 28.1. The minimum absolute atomic E-state index is 0.111. The van der Waals surface area contributed by atoms with Gasteiger partial charge in [-0.15, -0.1) is 0 Å². The Bertz CT molecular complexity index is 1530. The zero-order valence-corrected chi connectivity index (χ0v) is 22.5. The van der Waals surface area contributed by atoms with Crippen LogP contribution in [0.3, 0.4) is 0 Å². The molecule has 0 aliphatic carbocycles. The number of aromatic nitrogens is 4. The van der Waals surface area contributed by atoms with Gasteiger partial charge in [-0.3, -0.25) is 9.89 Å². The van der Waals surface area contributed by atoms with E-state index in [0.717, 1.165) is 22.3 Å². The molecule has 5 aromatic rings. The molecular formula is C30H32N8O3. The number of aromatic amines is 1. The molecule has 2 heterocycles. The van der Waals surface area contributed by atoms with E-state index in [9.17, 15) is 4.79 Å². The Balaban J connectivity index is 1.07. The molecule has 0 aliphatic heterocycles. The molecule has 0 bridgehead atoms. The quantitative estimate of drug-likeness (QED) is 0.117. The van der Waals surface area contributed by atoms with Crippen molar-refractivity contribution in [3.63, 3.8) is 0 Å². The highest BCUT2D eigenvalue weighted by Gasteiger charge is 2.08. The van der Waals surface area contributed by atoms with Gasteiger partial charge in [-0.25, -0.2) is 0 Å². The standard InChI is InChI=1S/C30H32N8O3/c39-29(22-7-3-1-4-8-22)32-14-16-41-18-17-40-15-13-31-27-20-28(34-24-9-5-2-6-10-24)37-30(36-27)35-25-12-11-23-21-33-38-26(23)19-25/h1-12,19-21H,13-18H2,(H,32,39)(H,33,38)(H3,31,34,35,36,37). The molecule has 2 aromatic heterocycles. The molecular weight excluding hydrogens is 520 g/mol. The smallest absolute Gasteiger partial charge is 0.251 e. The molecule has 41 heavy (non-hydrogen) atoms. The fourth-order valence-corrected chi connectivity index (χ4v) is 3.97. The second-order valence-electron chi connectivity index (χ2n) is 9.02. The van der Waals surface area contributed by atoms with Crippen LogP contribution in [-0.4, -0.2) is 65.6 Å². The predicted molar refractivity (Wildman–Crippen MR) is 160 cm³/mol. The number of anilines is 5. The van der Waals surface area contributed by atoms with Crippen molar-refractivity contribution >= 4 is 45.8 Å². The van der Waals surface area contributed by atoms with Crippen LogP contribution in [0.2, 0.25) is 0 Å². The number of hydrogen-bond donors (Lipinski definition) is 5. The van der Waals surface area contributed by atoms with E-state index in [0.29, 0.717) is 62.7 Å². The van der Waals surface area contributed by atoms with E-state index < -0.39 is 0 Å². The Kier molecular flexibility index (Phi) is 9.68. The maximum atomic E-state index is 12.0. The number of nitrogens with one attached hydrogen (secondary N) is 5. The summed E-state index contributed by atoms with van der Waals surface area (Å²) < 4.78 is 11.2. The lowest BCUT2D eigenvalue weighted by molar-refractivity contribution is 0.0519. The molecule has 1 amide bonds. The van der Waals surface area contributed by atoms with Crippen molar-refractivity contribution in [3.05, 3.63) is 96.7 Å². The maximum Gasteiger partial charge on any atom is 0.251 e. The van der Waals surface area contributed by atoms with E-state index in [2.05, 4.69) is 41.4 Å². The molecule has 5 rings (SSSR count). The van der Waals surface area contributed by atoms with E-state index in [4.69, 9.17) is 9.47 Å². The molecule has 0 fully saturated rings. The van der Waals surface area contributed by atoms with Gasteiger partial charge in [-0.1, -0.05) is 36.4 Å².